The summed E-state index contributed by atoms with van der Waals surface area (Å²) in [5, 5.41) is 12.5. The number of oxazole rings is 1. The zero-order valence-corrected chi connectivity index (χ0v) is 19.4. The van der Waals surface area contributed by atoms with Crippen LogP contribution < -0.4 is 10.1 Å². The molecule has 1 atom stereocenters. The minimum absolute atomic E-state index is 0.109. The highest BCUT2D eigenvalue weighted by atomic mass is 32.2. The quantitative estimate of drug-likeness (QED) is 0.534. The lowest BCUT2D eigenvalue weighted by atomic mass is 10.0. The number of piperidine rings is 1. The summed E-state index contributed by atoms with van der Waals surface area (Å²) in [5.41, 5.74) is 1.41. The van der Waals surface area contributed by atoms with Crippen LogP contribution in [0.4, 0.5) is 11.6 Å². The van der Waals surface area contributed by atoms with Crippen LogP contribution >= 0.6 is 0 Å². The van der Waals surface area contributed by atoms with Gasteiger partial charge in [0.25, 0.3) is 0 Å². The number of sulfonamides is 1. The van der Waals surface area contributed by atoms with E-state index in [-0.39, 0.29) is 22.4 Å². The van der Waals surface area contributed by atoms with Gasteiger partial charge in [-0.15, -0.1) is 0 Å². The minimum atomic E-state index is -3.54. The number of anilines is 2. The molecule has 1 N–H and O–H groups in total. The van der Waals surface area contributed by atoms with Crippen molar-refractivity contribution in [2.75, 3.05) is 25.0 Å². The van der Waals surface area contributed by atoms with E-state index in [0.717, 1.165) is 24.3 Å². The van der Waals surface area contributed by atoms with Gasteiger partial charge >= 0.3 is 0 Å². The SMILES string of the molecule is CCOc1ccc(Nc2oc(-c3ccc(S(=O)(=O)N4CCC[C@@H](C)C4)cc3)nc2C#N)cc1. The molecule has 0 bridgehead atoms. The molecular weight excluding hydrogens is 440 g/mol. The average molecular weight is 467 g/mol. The zero-order valence-electron chi connectivity index (χ0n) is 18.6. The van der Waals surface area contributed by atoms with Gasteiger partial charge in [-0.2, -0.15) is 14.6 Å². The second-order valence-corrected chi connectivity index (χ2v) is 9.96. The van der Waals surface area contributed by atoms with Gasteiger partial charge in [-0.1, -0.05) is 6.92 Å². The van der Waals surface area contributed by atoms with Crippen LogP contribution in [0, 0.1) is 17.2 Å². The molecule has 1 aromatic heterocycles. The van der Waals surface area contributed by atoms with E-state index in [1.165, 1.54) is 0 Å². The summed E-state index contributed by atoms with van der Waals surface area (Å²) in [4.78, 5) is 4.50. The molecule has 1 aliphatic rings. The standard InChI is InChI=1S/C24H26N4O4S/c1-3-31-20-10-8-19(9-11-20)26-24-22(15-25)27-23(32-24)18-6-12-21(13-7-18)33(29,30)28-14-4-5-17(2)16-28/h6-13,17,26H,3-5,14,16H2,1-2H3/t17-/m1/s1. The summed E-state index contributed by atoms with van der Waals surface area (Å²) >= 11 is 0. The van der Waals surface area contributed by atoms with Gasteiger partial charge in [0.1, 0.15) is 11.8 Å². The van der Waals surface area contributed by atoms with Crippen LogP contribution in [-0.2, 0) is 10.0 Å². The monoisotopic (exact) mass is 466 g/mol. The fraction of sp³-hybridized carbons (Fsp3) is 0.333. The maximum Gasteiger partial charge on any atom is 0.243 e. The summed E-state index contributed by atoms with van der Waals surface area (Å²) in [6.45, 7) is 5.64. The molecule has 4 rings (SSSR count). The van der Waals surface area contributed by atoms with Crippen molar-refractivity contribution in [2.45, 2.75) is 31.6 Å². The lowest BCUT2D eigenvalue weighted by Gasteiger charge is -2.30. The maximum atomic E-state index is 13.0. The van der Waals surface area contributed by atoms with E-state index in [1.807, 2.05) is 37.3 Å². The Morgan fingerprint density at radius 3 is 2.58 bits per heavy atom. The van der Waals surface area contributed by atoms with Crippen LogP contribution in [0.15, 0.2) is 57.8 Å². The first-order chi connectivity index (χ1) is 15.9. The number of ether oxygens (including phenoxy) is 1. The van der Waals surface area contributed by atoms with Crippen molar-refractivity contribution in [1.82, 2.24) is 9.29 Å². The van der Waals surface area contributed by atoms with E-state index in [4.69, 9.17) is 9.15 Å². The van der Waals surface area contributed by atoms with Crippen LogP contribution in [0.3, 0.4) is 0 Å². The van der Waals surface area contributed by atoms with Gasteiger partial charge in [-0.05, 0) is 74.2 Å². The predicted molar refractivity (Wildman–Crippen MR) is 125 cm³/mol. The van der Waals surface area contributed by atoms with Gasteiger partial charge in [0.2, 0.25) is 27.5 Å². The predicted octanol–water partition coefficient (Wildman–Crippen LogP) is 4.78. The first kappa shape index (κ1) is 22.8. The van der Waals surface area contributed by atoms with Gasteiger partial charge in [0.15, 0.2) is 0 Å². The smallest absolute Gasteiger partial charge is 0.243 e. The topological polar surface area (TPSA) is 108 Å². The highest BCUT2D eigenvalue weighted by Gasteiger charge is 2.28. The van der Waals surface area contributed by atoms with Crippen LogP contribution in [0.5, 0.6) is 5.75 Å². The van der Waals surface area contributed by atoms with Crippen molar-refractivity contribution in [3.05, 3.63) is 54.2 Å². The van der Waals surface area contributed by atoms with E-state index in [2.05, 4.69) is 17.2 Å². The van der Waals surface area contributed by atoms with E-state index in [0.29, 0.717) is 31.2 Å². The molecule has 0 saturated carbocycles. The van der Waals surface area contributed by atoms with Crippen LogP contribution in [-0.4, -0.2) is 37.4 Å². The molecule has 33 heavy (non-hydrogen) atoms. The number of hydrogen-bond donors (Lipinski definition) is 1. The van der Waals surface area contributed by atoms with Crippen molar-refractivity contribution in [2.24, 2.45) is 5.92 Å². The molecule has 1 aliphatic heterocycles. The van der Waals surface area contributed by atoms with E-state index in [9.17, 15) is 13.7 Å². The fourth-order valence-electron chi connectivity index (χ4n) is 3.82. The molecule has 3 aromatic rings. The van der Waals surface area contributed by atoms with Gasteiger partial charge < -0.3 is 14.5 Å². The number of benzene rings is 2. The van der Waals surface area contributed by atoms with Gasteiger partial charge in [-0.3, -0.25) is 0 Å². The molecule has 0 spiro atoms. The Labute approximate surface area is 193 Å². The Bertz CT molecular complexity index is 1250. The molecule has 9 heteroatoms. The van der Waals surface area contributed by atoms with Crippen molar-refractivity contribution in [3.63, 3.8) is 0 Å². The number of nitrogens with one attached hydrogen (secondary N) is 1. The Morgan fingerprint density at radius 1 is 1.21 bits per heavy atom. The van der Waals surface area contributed by atoms with Gasteiger partial charge in [0.05, 0.1) is 11.5 Å². The summed E-state index contributed by atoms with van der Waals surface area (Å²) in [7, 11) is -3.54. The van der Waals surface area contributed by atoms with Crippen LogP contribution in [0.2, 0.25) is 0 Å². The number of nitriles is 1. The Hall–Kier alpha value is -3.35. The molecular formula is C24H26N4O4S. The molecule has 2 heterocycles. The highest BCUT2D eigenvalue weighted by molar-refractivity contribution is 7.89. The fourth-order valence-corrected chi connectivity index (χ4v) is 5.42. The van der Waals surface area contributed by atoms with E-state index < -0.39 is 10.0 Å². The Balaban J connectivity index is 1.53. The van der Waals surface area contributed by atoms with Crippen molar-refractivity contribution < 1.29 is 17.6 Å². The number of nitrogens with zero attached hydrogens (tertiary/aromatic N) is 3. The molecule has 0 radical (unpaired) electrons. The first-order valence-electron chi connectivity index (χ1n) is 10.9. The number of rotatable bonds is 7. The third-order valence-corrected chi connectivity index (χ3v) is 7.39. The molecule has 8 nitrogen and oxygen atoms in total. The van der Waals surface area contributed by atoms with E-state index >= 15 is 0 Å². The lowest BCUT2D eigenvalue weighted by Crippen LogP contribution is -2.39. The third kappa shape index (κ3) is 5.02. The Kier molecular flexibility index (Phi) is 6.67. The van der Waals surface area contributed by atoms with Crippen molar-refractivity contribution in [1.29, 1.82) is 5.26 Å². The average Bonchev–Trinajstić information content (AvgIpc) is 3.23. The number of aromatic nitrogens is 1. The van der Waals surface area contributed by atoms with Crippen molar-refractivity contribution >= 4 is 21.6 Å². The van der Waals surface area contributed by atoms with Crippen LogP contribution in [0.25, 0.3) is 11.5 Å². The molecule has 2 aromatic carbocycles. The first-order valence-corrected chi connectivity index (χ1v) is 12.4. The van der Waals surface area contributed by atoms with E-state index in [1.54, 1.807) is 28.6 Å². The molecule has 1 fully saturated rings. The zero-order chi connectivity index (χ0) is 23.4. The number of hydrogen-bond acceptors (Lipinski definition) is 7. The third-order valence-electron chi connectivity index (χ3n) is 5.52. The summed E-state index contributed by atoms with van der Waals surface area (Å²) in [5.74, 6) is 1.55. The Morgan fingerprint density at radius 2 is 1.94 bits per heavy atom. The molecule has 0 unspecified atom stereocenters. The van der Waals surface area contributed by atoms with Crippen molar-refractivity contribution in [3.8, 4) is 23.3 Å². The van der Waals surface area contributed by atoms with Gasteiger partial charge in [-0.25, -0.2) is 8.42 Å². The van der Waals surface area contributed by atoms with Crippen LogP contribution in [0.1, 0.15) is 32.4 Å². The normalized spacial score (nSPS) is 16.8. The summed E-state index contributed by atoms with van der Waals surface area (Å²) in [6.07, 6.45) is 1.92. The second kappa shape index (κ2) is 9.65. The molecule has 172 valence electrons. The molecule has 0 amide bonds. The molecule has 0 aliphatic carbocycles. The van der Waals surface area contributed by atoms with Gasteiger partial charge in [0, 0.05) is 24.3 Å². The highest BCUT2D eigenvalue weighted by Crippen LogP contribution is 2.30. The lowest BCUT2D eigenvalue weighted by molar-refractivity contribution is 0.281. The summed E-state index contributed by atoms with van der Waals surface area (Å²) in [6, 6.07) is 15.7. The summed E-state index contributed by atoms with van der Waals surface area (Å²) < 4.78 is 38.7. The molecule has 1 saturated heterocycles. The maximum absolute atomic E-state index is 13.0. The largest absolute Gasteiger partial charge is 0.494 e. The second-order valence-electron chi connectivity index (χ2n) is 8.03. The minimum Gasteiger partial charge on any atom is -0.494 e.